The Balaban J connectivity index is 1.38. The number of esters is 1. The van der Waals surface area contributed by atoms with Gasteiger partial charge in [-0.1, -0.05) is 30.3 Å². The fourth-order valence-electron chi connectivity index (χ4n) is 3.38. The number of ether oxygens (including phenoxy) is 1. The predicted octanol–water partition coefficient (Wildman–Crippen LogP) is 3.41. The third kappa shape index (κ3) is 4.45. The van der Waals surface area contributed by atoms with Crippen LogP contribution in [0.1, 0.15) is 48.4 Å². The van der Waals surface area contributed by atoms with Gasteiger partial charge < -0.3 is 10.1 Å². The number of imide groups is 1. The van der Waals surface area contributed by atoms with Gasteiger partial charge in [-0.25, -0.2) is 4.79 Å². The molecule has 1 N–H and O–H groups in total. The van der Waals surface area contributed by atoms with Crippen LogP contribution in [0.5, 0.6) is 0 Å². The summed E-state index contributed by atoms with van der Waals surface area (Å²) in [7, 11) is 0. The average Bonchev–Trinajstić information content (AvgIpc) is 3.41. The molecule has 1 aromatic heterocycles. The maximum absolute atomic E-state index is 12.6. The number of carbonyl (C=O) groups is 4. The maximum Gasteiger partial charge on any atom is 0.338 e. The Morgan fingerprint density at radius 3 is 2.38 bits per heavy atom. The van der Waals surface area contributed by atoms with Crippen molar-refractivity contribution < 1.29 is 23.9 Å². The van der Waals surface area contributed by atoms with Crippen molar-refractivity contribution in [3.63, 3.8) is 0 Å². The molecular formula is C24H20N2O5S. The third-order valence-corrected chi connectivity index (χ3v) is 5.93. The van der Waals surface area contributed by atoms with E-state index < -0.39 is 18.0 Å². The van der Waals surface area contributed by atoms with Gasteiger partial charge >= 0.3 is 5.97 Å². The van der Waals surface area contributed by atoms with Crippen LogP contribution in [0, 0.1) is 0 Å². The lowest BCUT2D eigenvalue weighted by Crippen LogP contribution is -2.35. The first-order valence-electron chi connectivity index (χ1n) is 9.99. The summed E-state index contributed by atoms with van der Waals surface area (Å²) in [5.74, 6) is -1.79. The molecule has 0 bridgehead atoms. The van der Waals surface area contributed by atoms with E-state index >= 15 is 0 Å². The van der Waals surface area contributed by atoms with Crippen LogP contribution in [0.2, 0.25) is 0 Å². The molecule has 32 heavy (non-hydrogen) atoms. The van der Waals surface area contributed by atoms with Gasteiger partial charge in [-0.15, -0.1) is 11.3 Å². The molecule has 1 unspecified atom stereocenters. The minimum absolute atomic E-state index is 0.0321. The van der Waals surface area contributed by atoms with Crippen molar-refractivity contribution >= 4 is 35.0 Å². The third-order valence-electron chi connectivity index (χ3n) is 5.05. The molecule has 1 atom stereocenters. The first-order chi connectivity index (χ1) is 15.4. The molecule has 0 saturated heterocycles. The molecule has 3 aromatic rings. The summed E-state index contributed by atoms with van der Waals surface area (Å²) in [4.78, 5) is 52.0. The monoisotopic (exact) mass is 448 g/mol. The zero-order valence-corrected chi connectivity index (χ0v) is 18.1. The number of amides is 3. The Morgan fingerprint density at radius 2 is 1.72 bits per heavy atom. The van der Waals surface area contributed by atoms with E-state index in [2.05, 4.69) is 5.32 Å². The second-order valence-corrected chi connectivity index (χ2v) is 8.32. The Kier molecular flexibility index (Phi) is 6.13. The van der Waals surface area contributed by atoms with Crippen LogP contribution in [0.25, 0.3) is 0 Å². The number of carbonyl (C=O) groups excluding carboxylic acids is 4. The molecule has 0 saturated carbocycles. The number of rotatable bonds is 7. The molecule has 2 aromatic carbocycles. The molecule has 7 nitrogen and oxygen atoms in total. The van der Waals surface area contributed by atoms with Gasteiger partial charge in [0.15, 0.2) is 6.10 Å². The van der Waals surface area contributed by atoms with Gasteiger partial charge in [-0.2, -0.15) is 0 Å². The molecule has 2 heterocycles. The summed E-state index contributed by atoms with van der Waals surface area (Å²) in [6, 6.07) is 16.9. The van der Waals surface area contributed by atoms with Gasteiger partial charge in [0.1, 0.15) is 0 Å². The van der Waals surface area contributed by atoms with E-state index in [1.165, 1.54) is 18.3 Å². The number of thiophene rings is 1. The highest BCUT2D eigenvalue weighted by Gasteiger charge is 2.35. The Bertz CT molecular complexity index is 1150. The highest BCUT2D eigenvalue weighted by atomic mass is 32.1. The molecule has 0 radical (unpaired) electrons. The second-order valence-electron chi connectivity index (χ2n) is 7.29. The molecular weight excluding hydrogens is 428 g/mol. The molecule has 0 fully saturated rings. The van der Waals surface area contributed by atoms with E-state index in [0.717, 1.165) is 9.78 Å². The standard InChI is InChI=1S/C24H20N2O5S/c1-15(21(27)25-13-18-8-5-11-32-18)31-24(30)17-7-4-6-16(12-17)14-26-22(28)19-9-2-3-10-20(19)23(26)29/h2-12,15H,13-14H2,1H3,(H,25,27). The van der Waals surface area contributed by atoms with Crippen molar-refractivity contribution in [2.45, 2.75) is 26.1 Å². The first-order valence-corrected chi connectivity index (χ1v) is 10.9. The van der Waals surface area contributed by atoms with Crippen molar-refractivity contribution in [3.8, 4) is 0 Å². The van der Waals surface area contributed by atoms with Gasteiger partial charge in [0.05, 0.1) is 29.8 Å². The molecule has 8 heteroatoms. The SMILES string of the molecule is CC(OC(=O)c1cccc(CN2C(=O)c3ccccc3C2=O)c1)C(=O)NCc1cccs1. The number of nitrogens with one attached hydrogen (secondary N) is 1. The van der Waals surface area contributed by atoms with Crippen LogP contribution in [0.15, 0.2) is 66.0 Å². The number of fused-ring (bicyclic) bond motifs is 1. The van der Waals surface area contributed by atoms with Crippen LogP contribution in [0.4, 0.5) is 0 Å². The first kappa shape index (κ1) is 21.5. The topological polar surface area (TPSA) is 92.8 Å². The lowest BCUT2D eigenvalue weighted by atomic mass is 10.1. The molecule has 1 aliphatic heterocycles. The maximum atomic E-state index is 12.6. The summed E-state index contributed by atoms with van der Waals surface area (Å²) < 4.78 is 5.29. The quantitative estimate of drug-likeness (QED) is 0.442. The fourth-order valence-corrected chi connectivity index (χ4v) is 4.02. The summed E-state index contributed by atoms with van der Waals surface area (Å²) >= 11 is 1.52. The van der Waals surface area contributed by atoms with Crippen LogP contribution in [0.3, 0.4) is 0 Å². The molecule has 0 aliphatic carbocycles. The van der Waals surface area contributed by atoms with Gasteiger partial charge in [-0.05, 0) is 48.2 Å². The largest absolute Gasteiger partial charge is 0.449 e. The summed E-state index contributed by atoms with van der Waals surface area (Å²) in [5, 5.41) is 4.65. The molecule has 4 rings (SSSR count). The number of hydrogen-bond donors (Lipinski definition) is 1. The van der Waals surface area contributed by atoms with Crippen molar-refractivity contribution in [1.82, 2.24) is 10.2 Å². The normalized spacial score (nSPS) is 13.6. The van der Waals surface area contributed by atoms with Crippen molar-refractivity contribution in [2.75, 3.05) is 0 Å². The second kappa shape index (κ2) is 9.15. The highest BCUT2D eigenvalue weighted by Crippen LogP contribution is 2.24. The molecule has 1 aliphatic rings. The van der Waals surface area contributed by atoms with Crippen LogP contribution >= 0.6 is 11.3 Å². The zero-order valence-electron chi connectivity index (χ0n) is 17.2. The Hall–Kier alpha value is -3.78. The molecule has 3 amide bonds. The minimum Gasteiger partial charge on any atom is -0.449 e. The molecule has 162 valence electrons. The van der Waals surface area contributed by atoms with Crippen molar-refractivity contribution in [3.05, 3.63) is 93.2 Å². The van der Waals surface area contributed by atoms with Crippen LogP contribution in [-0.4, -0.2) is 34.7 Å². The molecule has 0 spiro atoms. The predicted molar refractivity (Wildman–Crippen MR) is 118 cm³/mol. The van der Waals surface area contributed by atoms with Gasteiger partial charge in [-0.3, -0.25) is 19.3 Å². The smallest absolute Gasteiger partial charge is 0.338 e. The fraction of sp³-hybridized carbons (Fsp3) is 0.167. The summed E-state index contributed by atoms with van der Waals surface area (Å²) in [6.45, 7) is 1.91. The number of hydrogen-bond acceptors (Lipinski definition) is 6. The number of benzene rings is 2. The summed E-state index contributed by atoms with van der Waals surface area (Å²) in [5.41, 5.74) is 1.58. The summed E-state index contributed by atoms with van der Waals surface area (Å²) in [6.07, 6.45) is -0.970. The zero-order chi connectivity index (χ0) is 22.7. The Morgan fingerprint density at radius 1 is 1.00 bits per heavy atom. The van der Waals surface area contributed by atoms with Crippen LogP contribution < -0.4 is 5.32 Å². The lowest BCUT2D eigenvalue weighted by molar-refractivity contribution is -0.129. The van der Waals surface area contributed by atoms with Gasteiger partial charge in [0.25, 0.3) is 17.7 Å². The van der Waals surface area contributed by atoms with E-state index in [9.17, 15) is 19.2 Å². The van der Waals surface area contributed by atoms with Crippen molar-refractivity contribution in [2.24, 2.45) is 0 Å². The average molecular weight is 449 g/mol. The van der Waals surface area contributed by atoms with E-state index in [0.29, 0.717) is 23.2 Å². The lowest BCUT2D eigenvalue weighted by Gasteiger charge is -2.15. The van der Waals surface area contributed by atoms with E-state index in [1.54, 1.807) is 48.5 Å². The van der Waals surface area contributed by atoms with E-state index in [4.69, 9.17) is 4.74 Å². The van der Waals surface area contributed by atoms with E-state index in [-0.39, 0.29) is 23.9 Å². The Labute approximate surface area is 188 Å². The van der Waals surface area contributed by atoms with Crippen LogP contribution in [-0.2, 0) is 22.6 Å². The number of nitrogens with zero attached hydrogens (tertiary/aromatic N) is 1. The highest BCUT2D eigenvalue weighted by molar-refractivity contribution is 7.09. The van der Waals surface area contributed by atoms with Gasteiger partial charge in [0, 0.05) is 4.88 Å². The van der Waals surface area contributed by atoms with Gasteiger partial charge in [0.2, 0.25) is 0 Å². The van der Waals surface area contributed by atoms with Crippen molar-refractivity contribution in [1.29, 1.82) is 0 Å². The van der Waals surface area contributed by atoms with E-state index in [1.807, 2.05) is 17.5 Å². The minimum atomic E-state index is -0.970.